The molecule has 1 fully saturated rings. The molecule has 1 aromatic carbocycles. The van der Waals surface area contributed by atoms with Crippen molar-refractivity contribution in [1.82, 2.24) is 10.2 Å². The molecular formula is C20H31N3O3. The summed E-state index contributed by atoms with van der Waals surface area (Å²) in [7, 11) is 0. The van der Waals surface area contributed by atoms with Crippen molar-refractivity contribution < 1.29 is 14.3 Å². The second-order valence-electron chi connectivity index (χ2n) is 7.37. The van der Waals surface area contributed by atoms with Gasteiger partial charge in [-0.25, -0.2) is 4.99 Å². The maximum atomic E-state index is 11.9. The van der Waals surface area contributed by atoms with Crippen molar-refractivity contribution in [2.75, 3.05) is 26.2 Å². The number of ether oxygens (including phenoxy) is 2. The Balaban J connectivity index is 1.86. The third-order valence-electron chi connectivity index (χ3n) is 3.90. The van der Waals surface area contributed by atoms with Crippen LogP contribution in [0.15, 0.2) is 35.3 Å². The molecule has 0 aromatic heterocycles. The molecule has 0 aliphatic carbocycles. The van der Waals surface area contributed by atoms with Crippen LogP contribution in [0.1, 0.15) is 40.5 Å². The van der Waals surface area contributed by atoms with E-state index in [2.05, 4.69) is 15.2 Å². The van der Waals surface area contributed by atoms with Crippen LogP contribution in [0.4, 0.5) is 0 Å². The summed E-state index contributed by atoms with van der Waals surface area (Å²) in [6.45, 7) is 10.1. The molecule has 144 valence electrons. The van der Waals surface area contributed by atoms with Crippen molar-refractivity contribution in [2.45, 2.75) is 52.2 Å². The zero-order chi connectivity index (χ0) is 19.0. The number of nitrogens with zero attached hydrogens (tertiary/aromatic N) is 2. The molecule has 1 heterocycles. The van der Waals surface area contributed by atoms with E-state index in [1.54, 1.807) is 0 Å². The van der Waals surface area contributed by atoms with Gasteiger partial charge in [-0.1, -0.05) is 18.2 Å². The maximum Gasteiger partial charge on any atom is 0.328 e. The van der Waals surface area contributed by atoms with Crippen LogP contribution in [0.25, 0.3) is 0 Å². The number of aliphatic imine (C=N–C) groups is 1. The van der Waals surface area contributed by atoms with E-state index in [0.29, 0.717) is 0 Å². The van der Waals surface area contributed by atoms with E-state index in [9.17, 15) is 4.79 Å². The highest BCUT2D eigenvalue weighted by molar-refractivity contribution is 5.83. The first-order valence-electron chi connectivity index (χ1n) is 9.34. The molecule has 6 nitrogen and oxygen atoms in total. The molecule has 26 heavy (non-hydrogen) atoms. The van der Waals surface area contributed by atoms with Crippen LogP contribution in [0, 0.1) is 0 Å². The highest BCUT2D eigenvalue weighted by atomic mass is 16.6. The van der Waals surface area contributed by atoms with E-state index in [0.717, 1.165) is 44.2 Å². The minimum Gasteiger partial charge on any atom is -0.490 e. The summed E-state index contributed by atoms with van der Waals surface area (Å²) in [5.41, 5.74) is -0.488. The average Bonchev–Trinajstić information content (AvgIpc) is 2.59. The van der Waals surface area contributed by atoms with Crippen LogP contribution in [-0.4, -0.2) is 54.7 Å². The fraction of sp³-hybridized carbons (Fsp3) is 0.600. The van der Waals surface area contributed by atoms with E-state index in [1.165, 1.54) is 0 Å². The summed E-state index contributed by atoms with van der Waals surface area (Å²) in [6, 6.07) is 9.92. The standard InChI is InChI=1S/C20H31N3O3/c1-5-21-19(22-15-18(24)26-20(2,3)4)23-13-11-17(12-14-23)25-16-9-7-6-8-10-16/h6-10,17H,5,11-15H2,1-4H3,(H,21,22). The number of para-hydroxylation sites is 1. The molecule has 6 heteroatoms. The number of hydrogen-bond acceptors (Lipinski definition) is 4. The molecule has 1 aromatic rings. The van der Waals surface area contributed by atoms with Gasteiger partial charge in [0.25, 0.3) is 0 Å². The summed E-state index contributed by atoms with van der Waals surface area (Å²) in [6.07, 6.45) is 2.06. The monoisotopic (exact) mass is 361 g/mol. The highest BCUT2D eigenvalue weighted by Gasteiger charge is 2.23. The maximum absolute atomic E-state index is 11.9. The van der Waals surface area contributed by atoms with Gasteiger partial charge in [-0.2, -0.15) is 0 Å². The largest absolute Gasteiger partial charge is 0.490 e. The van der Waals surface area contributed by atoms with Crippen molar-refractivity contribution >= 4 is 11.9 Å². The second kappa shape index (κ2) is 9.46. The summed E-state index contributed by atoms with van der Waals surface area (Å²) in [4.78, 5) is 18.5. The number of nitrogens with one attached hydrogen (secondary N) is 1. The molecule has 0 radical (unpaired) electrons. The van der Waals surface area contributed by atoms with Gasteiger partial charge in [0.05, 0.1) is 0 Å². The van der Waals surface area contributed by atoms with Crippen LogP contribution in [-0.2, 0) is 9.53 Å². The number of likely N-dealkylation sites (tertiary alicyclic amines) is 1. The Morgan fingerprint density at radius 3 is 2.46 bits per heavy atom. The Hall–Kier alpha value is -2.24. The van der Waals surface area contributed by atoms with E-state index in [1.807, 2.05) is 58.0 Å². The van der Waals surface area contributed by atoms with Crippen molar-refractivity contribution in [3.05, 3.63) is 30.3 Å². The highest BCUT2D eigenvalue weighted by Crippen LogP contribution is 2.18. The Labute approximate surface area is 156 Å². The van der Waals surface area contributed by atoms with Gasteiger partial charge in [-0.05, 0) is 39.8 Å². The lowest BCUT2D eigenvalue weighted by Crippen LogP contribution is -2.47. The first-order valence-corrected chi connectivity index (χ1v) is 9.34. The zero-order valence-electron chi connectivity index (χ0n) is 16.3. The molecule has 0 spiro atoms. The van der Waals surface area contributed by atoms with Gasteiger partial charge in [0.2, 0.25) is 0 Å². The van der Waals surface area contributed by atoms with Crippen LogP contribution >= 0.6 is 0 Å². The third kappa shape index (κ3) is 6.94. The number of piperidine rings is 1. The molecule has 1 aliphatic heterocycles. The topological polar surface area (TPSA) is 63.2 Å². The second-order valence-corrected chi connectivity index (χ2v) is 7.37. The molecule has 1 N–H and O–H groups in total. The van der Waals surface area contributed by atoms with Gasteiger partial charge in [-0.3, -0.25) is 4.79 Å². The molecule has 0 unspecified atom stereocenters. The number of carbonyl (C=O) groups is 1. The van der Waals surface area contributed by atoms with Gasteiger partial charge in [-0.15, -0.1) is 0 Å². The first kappa shape index (κ1) is 20.1. The lowest BCUT2D eigenvalue weighted by atomic mass is 10.1. The fourth-order valence-electron chi connectivity index (χ4n) is 2.82. The molecule has 0 bridgehead atoms. The van der Waals surface area contributed by atoms with Crippen molar-refractivity contribution in [3.63, 3.8) is 0 Å². The number of carbonyl (C=O) groups excluding carboxylic acids is 1. The van der Waals surface area contributed by atoms with Gasteiger partial charge >= 0.3 is 5.97 Å². The summed E-state index contributed by atoms with van der Waals surface area (Å²) in [5.74, 6) is 1.36. The van der Waals surface area contributed by atoms with Gasteiger partial charge in [0.1, 0.15) is 24.0 Å². The van der Waals surface area contributed by atoms with Gasteiger partial charge < -0.3 is 19.7 Å². The quantitative estimate of drug-likeness (QED) is 0.496. The summed E-state index contributed by atoms with van der Waals surface area (Å²) >= 11 is 0. The molecule has 1 saturated heterocycles. The smallest absolute Gasteiger partial charge is 0.328 e. The van der Waals surface area contributed by atoms with E-state index >= 15 is 0 Å². The zero-order valence-corrected chi connectivity index (χ0v) is 16.3. The van der Waals surface area contributed by atoms with Crippen LogP contribution < -0.4 is 10.1 Å². The van der Waals surface area contributed by atoms with Crippen LogP contribution in [0.3, 0.4) is 0 Å². The normalized spacial score (nSPS) is 16.3. The van der Waals surface area contributed by atoms with Crippen molar-refractivity contribution in [1.29, 1.82) is 0 Å². The summed E-state index contributed by atoms with van der Waals surface area (Å²) in [5, 5.41) is 3.26. The molecule has 0 atom stereocenters. The summed E-state index contributed by atoms with van der Waals surface area (Å²) < 4.78 is 11.4. The molecule has 2 rings (SSSR count). The van der Waals surface area contributed by atoms with Crippen LogP contribution in [0.5, 0.6) is 5.75 Å². The Morgan fingerprint density at radius 2 is 1.88 bits per heavy atom. The average molecular weight is 361 g/mol. The number of guanidine groups is 1. The molecule has 1 aliphatic rings. The molecule has 0 saturated carbocycles. The predicted octanol–water partition coefficient (Wildman–Crippen LogP) is 2.84. The Morgan fingerprint density at radius 1 is 1.23 bits per heavy atom. The van der Waals surface area contributed by atoms with E-state index in [4.69, 9.17) is 9.47 Å². The first-order chi connectivity index (χ1) is 12.4. The SMILES string of the molecule is CCNC(=NCC(=O)OC(C)(C)C)N1CCC(Oc2ccccc2)CC1. The number of esters is 1. The van der Waals surface area contributed by atoms with Crippen molar-refractivity contribution in [3.8, 4) is 5.75 Å². The molecule has 0 amide bonds. The minimum atomic E-state index is -0.488. The van der Waals surface area contributed by atoms with E-state index < -0.39 is 5.60 Å². The third-order valence-corrected chi connectivity index (χ3v) is 3.90. The molecular weight excluding hydrogens is 330 g/mol. The number of hydrogen-bond donors (Lipinski definition) is 1. The Bertz CT molecular complexity index is 588. The van der Waals surface area contributed by atoms with E-state index in [-0.39, 0.29) is 18.6 Å². The Kier molecular flexibility index (Phi) is 7.30. The number of benzene rings is 1. The van der Waals surface area contributed by atoms with Gasteiger partial charge in [0.15, 0.2) is 5.96 Å². The lowest BCUT2D eigenvalue weighted by Gasteiger charge is -2.34. The number of rotatable bonds is 5. The van der Waals surface area contributed by atoms with Gasteiger partial charge in [0, 0.05) is 32.5 Å². The lowest BCUT2D eigenvalue weighted by molar-refractivity contribution is -0.152. The van der Waals surface area contributed by atoms with Crippen molar-refractivity contribution in [2.24, 2.45) is 4.99 Å². The van der Waals surface area contributed by atoms with Crippen LogP contribution in [0.2, 0.25) is 0 Å². The predicted molar refractivity (Wildman–Crippen MR) is 103 cm³/mol. The fourth-order valence-corrected chi connectivity index (χ4v) is 2.82. The minimum absolute atomic E-state index is 0.0278.